The average molecular weight is 221 g/mol. The standard InChI is InChI=1S/C13H16FNO/c1-16-13-5-4-11(14)9-12(13)10-3-2-7-15-8-6-10/h3-5,9,15H,2,6-8H2,1H3. The normalized spacial score (nSPS) is 16.5. The van der Waals surface area contributed by atoms with Crippen LogP contribution in [0.15, 0.2) is 24.3 Å². The SMILES string of the molecule is COc1ccc(F)cc1C1=CCCNCC1. The number of nitrogens with one attached hydrogen (secondary N) is 1. The quantitative estimate of drug-likeness (QED) is 0.828. The molecule has 0 unspecified atom stereocenters. The van der Waals surface area contributed by atoms with Gasteiger partial charge in [-0.1, -0.05) is 6.08 Å². The molecular weight excluding hydrogens is 205 g/mol. The smallest absolute Gasteiger partial charge is 0.126 e. The lowest BCUT2D eigenvalue weighted by molar-refractivity contribution is 0.412. The lowest BCUT2D eigenvalue weighted by Gasteiger charge is -2.11. The van der Waals surface area contributed by atoms with Crippen LogP contribution in [0.4, 0.5) is 4.39 Å². The maximum absolute atomic E-state index is 13.2. The number of halogens is 1. The van der Waals surface area contributed by atoms with Crippen LogP contribution in [0.25, 0.3) is 5.57 Å². The van der Waals surface area contributed by atoms with Gasteiger partial charge < -0.3 is 10.1 Å². The number of ether oxygens (including phenoxy) is 1. The molecule has 0 saturated carbocycles. The Bertz CT molecular complexity index is 401. The van der Waals surface area contributed by atoms with Gasteiger partial charge in [0.2, 0.25) is 0 Å². The Morgan fingerprint density at radius 3 is 3.00 bits per heavy atom. The van der Waals surface area contributed by atoms with Gasteiger partial charge in [-0.2, -0.15) is 0 Å². The zero-order valence-corrected chi connectivity index (χ0v) is 9.42. The molecule has 0 spiro atoms. The van der Waals surface area contributed by atoms with Gasteiger partial charge in [0.15, 0.2) is 0 Å². The fourth-order valence-corrected chi connectivity index (χ4v) is 1.97. The highest BCUT2D eigenvalue weighted by Gasteiger charge is 2.11. The van der Waals surface area contributed by atoms with Crippen molar-refractivity contribution >= 4 is 5.57 Å². The van der Waals surface area contributed by atoms with Crippen molar-refractivity contribution in [2.75, 3.05) is 20.2 Å². The highest BCUT2D eigenvalue weighted by atomic mass is 19.1. The fourth-order valence-electron chi connectivity index (χ4n) is 1.97. The molecule has 1 aromatic rings. The van der Waals surface area contributed by atoms with Gasteiger partial charge in [-0.25, -0.2) is 4.39 Å². The predicted octanol–water partition coefficient (Wildman–Crippen LogP) is 2.60. The number of rotatable bonds is 2. The molecule has 16 heavy (non-hydrogen) atoms. The van der Waals surface area contributed by atoms with E-state index in [0.717, 1.165) is 37.2 Å². The Hall–Kier alpha value is -1.35. The van der Waals surface area contributed by atoms with Crippen molar-refractivity contribution in [3.63, 3.8) is 0 Å². The Morgan fingerprint density at radius 2 is 2.19 bits per heavy atom. The Balaban J connectivity index is 2.36. The number of methoxy groups -OCH3 is 1. The number of hydrogen-bond acceptors (Lipinski definition) is 2. The Labute approximate surface area is 95.1 Å². The fraction of sp³-hybridized carbons (Fsp3) is 0.385. The van der Waals surface area contributed by atoms with Crippen molar-refractivity contribution in [2.24, 2.45) is 0 Å². The molecule has 0 amide bonds. The van der Waals surface area contributed by atoms with Crippen molar-refractivity contribution in [3.8, 4) is 5.75 Å². The summed E-state index contributed by atoms with van der Waals surface area (Å²) in [7, 11) is 1.62. The van der Waals surface area contributed by atoms with Crippen LogP contribution >= 0.6 is 0 Å². The summed E-state index contributed by atoms with van der Waals surface area (Å²) in [6, 6.07) is 4.66. The molecule has 0 atom stereocenters. The van der Waals surface area contributed by atoms with Crippen LogP contribution in [-0.4, -0.2) is 20.2 Å². The highest BCUT2D eigenvalue weighted by molar-refractivity contribution is 5.71. The molecular formula is C13H16FNO. The van der Waals surface area contributed by atoms with Crippen LogP contribution in [0, 0.1) is 5.82 Å². The van der Waals surface area contributed by atoms with E-state index >= 15 is 0 Å². The minimum atomic E-state index is -0.214. The van der Waals surface area contributed by atoms with Crippen molar-refractivity contribution in [3.05, 3.63) is 35.7 Å². The topological polar surface area (TPSA) is 21.3 Å². The zero-order chi connectivity index (χ0) is 11.4. The maximum Gasteiger partial charge on any atom is 0.126 e. The summed E-state index contributed by atoms with van der Waals surface area (Å²) < 4.78 is 18.5. The first kappa shape index (κ1) is 11.1. The Morgan fingerprint density at radius 1 is 1.31 bits per heavy atom. The number of benzene rings is 1. The molecule has 1 aromatic carbocycles. The van der Waals surface area contributed by atoms with E-state index in [0.29, 0.717) is 0 Å². The summed E-state index contributed by atoms with van der Waals surface area (Å²) >= 11 is 0. The molecule has 0 aliphatic carbocycles. The zero-order valence-electron chi connectivity index (χ0n) is 9.42. The molecule has 0 aromatic heterocycles. The molecule has 0 radical (unpaired) electrons. The first-order valence-corrected chi connectivity index (χ1v) is 5.55. The molecule has 2 rings (SSSR count). The van der Waals surface area contributed by atoms with Gasteiger partial charge in [-0.15, -0.1) is 0 Å². The van der Waals surface area contributed by atoms with Crippen LogP contribution in [-0.2, 0) is 0 Å². The summed E-state index contributed by atoms with van der Waals surface area (Å²) in [5, 5.41) is 3.31. The summed E-state index contributed by atoms with van der Waals surface area (Å²) in [5.74, 6) is 0.531. The van der Waals surface area contributed by atoms with E-state index < -0.39 is 0 Å². The van der Waals surface area contributed by atoms with Gasteiger partial charge in [0.05, 0.1) is 7.11 Å². The molecule has 1 heterocycles. The lowest BCUT2D eigenvalue weighted by Crippen LogP contribution is -2.13. The largest absolute Gasteiger partial charge is 0.496 e. The van der Waals surface area contributed by atoms with Crippen LogP contribution in [0.2, 0.25) is 0 Å². The molecule has 0 fully saturated rings. The van der Waals surface area contributed by atoms with E-state index in [1.54, 1.807) is 19.2 Å². The minimum Gasteiger partial charge on any atom is -0.496 e. The summed E-state index contributed by atoms with van der Waals surface area (Å²) in [6.45, 7) is 1.92. The first-order chi connectivity index (χ1) is 7.81. The Kier molecular flexibility index (Phi) is 3.57. The van der Waals surface area contributed by atoms with Gasteiger partial charge >= 0.3 is 0 Å². The second-order valence-electron chi connectivity index (χ2n) is 3.86. The van der Waals surface area contributed by atoms with E-state index in [4.69, 9.17) is 4.74 Å². The van der Waals surface area contributed by atoms with Crippen molar-refractivity contribution in [2.45, 2.75) is 12.8 Å². The van der Waals surface area contributed by atoms with Gasteiger partial charge in [0, 0.05) is 5.56 Å². The first-order valence-electron chi connectivity index (χ1n) is 5.55. The molecule has 1 aliphatic rings. The van der Waals surface area contributed by atoms with Crippen LogP contribution in [0.5, 0.6) is 5.75 Å². The predicted molar refractivity (Wildman–Crippen MR) is 63.0 cm³/mol. The van der Waals surface area contributed by atoms with Crippen molar-refractivity contribution < 1.29 is 9.13 Å². The third kappa shape index (κ3) is 2.42. The molecule has 86 valence electrons. The van der Waals surface area contributed by atoms with Crippen LogP contribution in [0.1, 0.15) is 18.4 Å². The average Bonchev–Trinajstić information content (AvgIpc) is 2.57. The summed E-state index contributed by atoms with van der Waals surface area (Å²) in [6.07, 6.45) is 4.06. The van der Waals surface area contributed by atoms with E-state index in [2.05, 4.69) is 11.4 Å². The van der Waals surface area contributed by atoms with E-state index in [-0.39, 0.29) is 5.82 Å². The van der Waals surface area contributed by atoms with E-state index in [1.165, 1.54) is 11.6 Å². The summed E-state index contributed by atoms with van der Waals surface area (Å²) in [4.78, 5) is 0. The molecule has 2 nitrogen and oxygen atoms in total. The van der Waals surface area contributed by atoms with Crippen molar-refractivity contribution in [1.82, 2.24) is 5.32 Å². The highest BCUT2D eigenvalue weighted by Crippen LogP contribution is 2.29. The molecule has 3 heteroatoms. The third-order valence-corrected chi connectivity index (χ3v) is 2.79. The van der Waals surface area contributed by atoms with Gasteiger partial charge in [-0.3, -0.25) is 0 Å². The second-order valence-corrected chi connectivity index (χ2v) is 3.86. The monoisotopic (exact) mass is 221 g/mol. The van der Waals surface area contributed by atoms with Crippen LogP contribution in [0.3, 0.4) is 0 Å². The third-order valence-electron chi connectivity index (χ3n) is 2.79. The lowest BCUT2D eigenvalue weighted by atomic mass is 10.0. The molecule has 1 N–H and O–H groups in total. The van der Waals surface area contributed by atoms with Gasteiger partial charge in [0.25, 0.3) is 0 Å². The van der Waals surface area contributed by atoms with Gasteiger partial charge in [-0.05, 0) is 49.7 Å². The minimum absolute atomic E-state index is 0.214. The second kappa shape index (κ2) is 5.12. The maximum atomic E-state index is 13.2. The molecule has 0 saturated heterocycles. The van der Waals surface area contributed by atoms with Crippen molar-refractivity contribution in [1.29, 1.82) is 0 Å². The molecule has 1 aliphatic heterocycles. The van der Waals surface area contributed by atoms with E-state index in [1.807, 2.05) is 0 Å². The van der Waals surface area contributed by atoms with Crippen LogP contribution < -0.4 is 10.1 Å². The van der Waals surface area contributed by atoms with Gasteiger partial charge in [0.1, 0.15) is 11.6 Å². The summed E-state index contributed by atoms with van der Waals surface area (Å²) in [5.41, 5.74) is 2.05. The molecule has 0 bridgehead atoms. The van der Waals surface area contributed by atoms with E-state index in [9.17, 15) is 4.39 Å². The number of hydrogen-bond donors (Lipinski definition) is 1.